The number of Topliss-reactive ketones (excluding diaryl/α,β-unsaturated/α-hetero) is 1. The van der Waals surface area contributed by atoms with Gasteiger partial charge in [-0.15, -0.1) is 0 Å². The maximum atomic E-state index is 13.6. The molecule has 3 fully saturated rings. The number of hydrogen-bond donors (Lipinski definition) is 7. The van der Waals surface area contributed by atoms with Crippen molar-refractivity contribution < 1.29 is 82.7 Å². The summed E-state index contributed by atoms with van der Waals surface area (Å²) in [5.41, 5.74) is -7.31. The van der Waals surface area contributed by atoms with Gasteiger partial charge < -0.3 is 64.0 Å². The second kappa shape index (κ2) is 16.8. The quantitative estimate of drug-likeness (QED) is 0.0739. The Hall–Kier alpha value is -3.28. The number of ketones is 1. The van der Waals surface area contributed by atoms with Crippen molar-refractivity contribution >= 4 is 63.7 Å². The van der Waals surface area contributed by atoms with Crippen molar-refractivity contribution in [1.29, 1.82) is 5.41 Å². The molecule has 21 heteroatoms. The van der Waals surface area contributed by atoms with E-state index in [0.29, 0.717) is 4.32 Å². The van der Waals surface area contributed by atoms with Crippen molar-refractivity contribution in [3.63, 3.8) is 0 Å². The van der Waals surface area contributed by atoms with Crippen molar-refractivity contribution in [2.75, 3.05) is 13.7 Å². The number of hydrogen-bond acceptors (Lipinski definition) is 19. The first kappa shape index (κ1) is 43.4. The molecule has 0 aromatic rings. The number of methoxy groups -OCH3 is 1. The number of thioether (sulfide) groups is 1. The van der Waals surface area contributed by atoms with Gasteiger partial charge >= 0.3 is 23.9 Å². The molecule has 3 heterocycles. The van der Waals surface area contributed by atoms with Crippen LogP contribution in [0, 0.1) is 11.3 Å². The van der Waals surface area contributed by atoms with E-state index in [2.05, 4.69) is 5.32 Å². The van der Waals surface area contributed by atoms with E-state index in [0.717, 1.165) is 6.92 Å². The monoisotopic (exact) mass is 806 g/mol. The van der Waals surface area contributed by atoms with Crippen LogP contribution in [0.4, 0.5) is 0 Å². The van der Waals surface area contributed by atoms with Crippen LogP contribution in [-0.2, 0) is 57.1 Å². The summed E-state index contributed by atoms with van der Waals surface area (Å²) in [5.74, 6) is -7.39. The molecule has 4 aliphatic rings. The Bertz CT molecular complexity index is 1570. The number of carboxylic acids is 1. The van der Waals surface area contributed by atoms with Gasteiger partial charge in [-0.05, 0) is 13.8 Å². The number of rotatable bonds is 12. The van der Waals surface area contributed by atoms with E-state index >= 15 is 0 Å². The highest BCUT2D eigenvalue weighted by molar-refractivity contribution is 8.23. The van der Waals surface area contributed by atoms with Gasteiger partial charge in [-0.3, -0.25) is 19.8 Å². The van der Waals surface area contributed by atoms with E-state index in [9.17, 15) is 49.5 Å². The SMILES string of the molecule is CO[C@H]1C[C@@H](O[C@@H]2[C@@H](O)[C@H]([C@]3(O)CC(=O)C(=N)C(C(=O)O)=C3O)O[C@H](COC(C)=O)[C@H]2OC(=O)C2NC(=S)SC2C)O[C@@H](C)[C@]1(O)[C@H](C)OC(=O)C(C)C. The minimum Gasteiger partial charge on any atom is -0.508 e. The average molecular weight is 807 g/mol. The standard InChI is InChI=1S/C33H46N2O17S2/c1-11(2)29(42)49-14(5)33(45)13(4)48-19(8-18(33)46-7)51-25-23(38)27(32(44)9-16(37)21(34)20(26(32)39)28(40)41)50-17(10-47-15(6)36)24(25)52-30(43)22-12(3)54-31(53)35-22/h11-14,17-19,22-25,27,34,38-39,44-45H,8-10H2,1-7H3,(H,35,53)(H,40,41)/t12?,13-,14-,17+,18-,19+,22?,23+,24+,25+,27+,32-,33-/m0/s1. The zero-order valence-electron chi connectivity index (χ0n) is 30.5. The summed E-state index contributed by atoms with van der Waals surface area (Å²) < 4.78 is 40.7. The lowest BCUT2D eigenvalue weighted by Crippen LogP contribution is -2.70. The fourth-order valence-electron chi connectivity index (χ4n) is 6.82. The Morgan fingerprint density at radius 3 is 2.31 bits per heavy atom. The first-order chi connectivity index (χ1) is 25.1. The molecule has 13 atom stereocenters. The fourth-order valence-corrected chi connectivity index (χ4v) is 8.25. The molecule has 1 aliphatic carbocycles. The second-order valence-electron chi connectivity index (χ2n) is 13.8. The van der Waals surface area contributed by atoms with Gasteiger partial charge in [-0.25, -0.2) is 9.59 Å². The Morgan fingerprint density at radius 1 is 1.13 bits per heavy atom. The average Bonchev–Trinajstić information content (AvgIpc) is 3.43. The van der Waals surface area contributed by atoms with Gasteiger partial charge in [0.2, 0.25) is 0 Å². The van der Waals surface area contributed by atoms with Gasteiger partial charge in [-0.1, -0.05) is 44.8 Å². The summed E-state index contributed by atoms with van der Waals surface area (Å²) in [6.07, 6.45) is -15.8. The predicted octanol–water partition coefficient (Wildman–Crippen LogP) is -0.558. The largest absolute Gasteiger partial charge is 0.508 e. The van der Waals surface area contributed by atoms with Crippen LogP contribution >= 0.6 is 24.0 Å². The molecular formula is C33H46N2O17S2. The summed E-state index contributed by atoms with van der Waals surface area (Å²) in [6.45, 7) is 8.16. The van der Waals surface area contributed by atoms with Gasteiger partial charge in [0.25, 0.3) is 0 Å². The zero-order valence-corrected chi connectivity index (χ0v) is 32.1. The van der Waals surface area contributed by atoms with E-state index in [1.54, 1.807) is 20.8 Å². The molecule has 2 unspecified atom stereocenters. The van der Waals surface area contributed by atoms with Crippen molar-refractivity contribution in [3.8, 4) is 0 Å². The topological polar surface area (TPSA) is 287 Å². The van der Waals surface area contributed by atoms with Crippen LogP contribution in [0.25, 0.3) is 0 Å². The lowest BCUT2D eigenvalue weighted by Gasteiger charge is -2.52. The first-order valence-corrected chi connectivity index (χ1v) is 18.3. The highest BCUT2D eigenvalue weighted by Crippen LogP contribution is 2.42. The third kappa shape index (κ3) is 8.43. The van der Waals surface area contributed by atoms with Crippen molar-refractivity contribution in [2.45, 2.75) is 132 Å². The van der Waals surface area contributed by atoms with Gasteiger partial charge in [0.15, 0.2) is 29.4 Å². The number of carbonyl (C=O) groups is 5. The van der Waals surface area contributed by atoms with E-state index in [4.69, 9.17) is 50.8 Å². The molecule has 3 saturated heterocycles. The van der Waals surface area contributed by atoms with E-state index in [1.165, 1.54) is 32.7 Å². The van der Waals surface area contributed by atoms with Crippen LogP contribution in [0.1, 0.15) is 54.4 Å². The Morgan fingerprint density at radius 2 is 1.78 bits per heavy atom. The fraction of sp³-hybridized carbons (Fsp3) is 0.727. The molecule has 7 N–H and O–H groups in total. The molecule has 302 valence electrons. The van der Waals surface area contributed by atoms with Crippen molar-refractivity contribution in [1.82, 2.24) is 5.32 Å². The van der Waals surface area contributed by atoms with Crippen LogP contribution in [-0.4, -0.2) is 157 Å². The highest BCUT2D eigenvalue weighted by Gasteiger charge is 2.62. The number of carbonyl (C=O) groups excluding carboxylic acids is 4. The number of esters is 3. The van der Waals surface area contributed by atoms with Crippen molar-refractivity contribution in [2.24, 2.45) is 5.92 Å². The Labute approximate surface area is 319 Å². The summed E-state index contributed by atoms with van der Waals surface area (Å²) in [5, 5.41) is 66.7. The van der Waals surface area contributed by atoms with Crippen LogP contribution in [0.5, 0.6) is 0 Å². The van der Waals surface area contributed by atoms with Crippen LogP contribution in [0.15, 0.2) is 11.3 Å². The highest BCUT2D eigenvalue weighted by atomic mass is 32.2. The van der Waals surface area contributed by atoms with E-state index in [1.807, 2.05) is 0 Å². The molecule has 54 heavy (non-hydrogen) atoms. The number of nitrogens with one attached hydrogen (secondary N) is 2. The molecule has 0 aromatic carbocycles. The lowest BCUT2D eigenvalue weighted by atomic mass is 9.74. The molecule has 4 rings (SSSR count). The molecule has 3 aliphatic heterocycles. The molecular weight excluding hydrogens is 760 g/mol. The molecule has 0 amide bonds. The number of ether oxygens (including phenoxy) is 7. The molecule has 0 aromatic heterocycles. The number of aliphatic hydroxyl groups excluding tert-OH is 2. The number of aliphatic hydroxyl groups is 4. The summed E-state index contributed by atoms with van der Waals surface area (Å²) in [6, 6.07) is -1.00. The number of carboxylic acid groups (broad SMARTS) is 1. The van der Waals surface area contributed by atoms with Gasteiger partial charge in [0.1, 0.15) is 64.5 Å². The molecule has 0 bridgehead atoms. The third-order valence-corrected chi connectivity index (χ3v) is 11.3. The smallest absolute Gasteiger partial charge is 0.341 e. The van der Waals surface area contributed by atoms with Gasteiger partial charge in [0.05, 0.1) is 24.5 Å². The third-order valence-electron chi connectivity index (χ3n) is 9.88. The summed E-state index contributed by atoms with van der Waals surface area (Å²) in [4.78, 5) is 62.9. The summed E-state index contributed by atoms with van der Waals surface area (Å²) in [7, 11) is 1.28. The molecule has 19 nitrogen and oxygen atoms in total. The Balaban J connectivity index is 1.78. The van der Waals surface area contributed by atoms with E-state index < -0.39 is 143 Å². The molecule has 0 saturated carbocycles. The van der Waals surface area contributed by atoms with Crippen molar-refractivity contribution in [3.05, 3.63) is 11.3 Å². The van der Waals surface area contributed by atoms with Gasteiger partial charge in [-0.2, -0.15) is 0 Å². The lowest BCUT2D eigenvalue weighted by molar-refractivity contribution is -0.345. The first-order valence-electron chi connectivity index (χ1n) is 17.0. The normalized spacial score (nSPS) is 37.8. The van der Waals surface area contributed by atoms with Crippen LogP contribution in [0.2, 0.25) is 0 Å². The minimum absolute atomic E-state index is 0.300. The molecule has 0 radical (unpaired) electrons. The van der Waals surface area contributed by atoms with Crippen LogP contribution in [0.3, 0.4) is 0 Å². The predicted molar refractivity (Wildman–Crippen MR) is 187 cm³/mol. The van der Waals surface area contributed by atoms with Crippen LogP contribution < -0.4 is 5.32 Å². The zero-order chi connectivity index (χ0) is 40.6. The van der Waals surface area contributed by atoms with Gasteiger partial charge in [0, 0.05) is 25.7 Å². The second-order valence-corrected chi connectivity index (χ2v) is 15.9. The maximum absolute atomic E-state index is 13.6. The van der Waals surface area contributed by atoms with E-state index in [-0.39, 0.29) is 6.42 Å². The maximum Gasteiger partial charge on any atom is 0.341 e. The summed E-state index contributed by atoms with van der Waals surface area (Å²) >= 11 is 6.37. The number of thiocarbonyl (C=S) groups is 1. The Kier molecular flexibility index (Phi) is 13.5. The number of aliphatic carboxylic acids is 1. The minimum atomic E-state index is -3.00. The molecule has 0 spiro atoms.